The summed E-state index contributed by atoms with van der Waals surface area (Å²) in [6, 6.07) is 2.36. The molecule has 1 aromatic carbocycles. The largest absolute Gasteiger partial charge is 0.465 e. The Morgan fingerprint density at radius 2 is 2.22 bits per heavy atom. The topological polar surface area (TPSA) is 61.6 Å². The van der Waals surface area contributed by atoms with Gasteiger partial charge in [0.25, 0.3) is 5.35 Å². The smallest absolute Gasteiger partial charge is 0.387 e. The van der Waals surface area contributed by atoms with Crippen LogP contribution in [0.1, 0.15) is 10.4 Å². The van der Waals surface area contributed by atoms with Gasteiger partial charge in [-0.15, -0.1) is 0 Å². The Labute approximate surface area is 104 Å². The molecule has 0 aliphatic heterocycles. The second kappa shape index (κ2) is 4.77. The molecule has 96 valence electrons. The van der Waals surface area contributed by atoms with E-state index >= 15 is 0 Å². The average molecular weight is 278 g/mol. The van der Waals surface area contributed by atoms with E-state index in [4.69, 9.17) is 16.0 Å². The third kappa shape index (κ3) is 2.35. The molecular formula is C10H6ClF2NO4. The zero-order valence-electron chi connectivity index (χ0n) is 8.95. The van der Waals surface area contributed by atoms with Gasteiger partial charge in [-0.1, -0.05) is 0 Å². The van der Waals surface area contributed by atoms with Crippen LogP contribution >= 0.6 is 11.6 Å². The first-order valence-electron chi connectivity index (χ1n) is 4.64. The molecule has 2 rings (SSSR count). The Kier molecular flexibility index (Phi) is 3.33. The van der Waals surface area contributed by atoms with Crippen LogP contribution in [0.25, 0.3) is 11.1 Å². The number of hydrogen-bond donors (Lipinski definition) is 0. The SMILES string of the molecule is COC(=O)c1cc(OC(F)F)c2nc(Cl)oc2c1. The lowest BCUT2D eigenvalue weighted by Crippen LogP contribution is -2.05. The Hall–Kier alpha value is -1.89. The number of hydrogen-bond acceptors (Lipinski definition) is 5. The quantitative estimate of drug-likeness (QED) is 0.807. The molecule has 18 heavy (non-hydrogen) atoms. The Morgan fingerprint density at radius 3 is 2.83 bits per heavy atom. The van der Waals surface area contributed by atoms with Crippen molar-refractivity contribution < 1.29 is 27.5 Å². The van der Waals surface area contributed by atoms with Gasteiger partial charge in [0.1, 0.15) is 0 Å². The minimum absolute atomic E-state index is 0.00605. The minimum atomic E-state index is -3.06. The van der Waals surface area contributed by atoms with Crippen molar-refractivity contribution in [2.24, 2.45) is 0 Å². The molecule has 0 radical (unpaired) electrons. The summed E-state index contributed by atoms with van der Waals surface area (Å²) in [5.74, 6) is -1.03. The molecule has 8 heteroatoms. The lowest BCUT2D eigenvalue weighted by atomic mass is 10.2. The number of rotatable bonds is 3. The van der Waals surface area contributed by atoms with Gasteiger partial charge in [-0.2, -0.15) is 13.8 Å². The lowest BCUT2D eigenvalue weighted by molar-refractivity contribution is -0.0489. The van der Waals surface area contributed by atoms with Crippen LogP contribution in [-0.4, -0.2) is 24.7 Å². The standard InChI is InChI=1S/C10H6ClF2NO4/c1-16-8(15)4-2-5-7(14-9(11)17-5)6(3-4)18-10(12)13/h2-3,10H,1H3. The van der Waals surface area contributed by atoms with Crippen molar-refractivity contribution in [2.45, 2.75) is 6.61 Å². The number of esters is 1. The zero-order valence-corrected chi connectivity index (χ0v) is 9.70. The molecule has 0 saturated carbocycles. The van der Waals surface area contributed by atoms with E-state index in [1.54, 1.807) is 0 Å². The summed E-state index contributed by atoms with van der Waals surface area (Å²) in [7, 11) is 1.16. The van der Waals surface area contributed by atoms with Crippen molar-refractivity contribution in [3.63, 3.8) is 0 Å². The molecular weight excluding hydrogens is 272 g/mol. The number of methoxy groups -OCH3 is 1. The summed E-state index contributed by atoms with van der Waals surface area (Å²) in [5, 5.41) is -0.244. The van der Waals surface area contributed by atoms with Crippen molar-refractivity contribution in [3.05, 3.63) is 23.0 Å². The molecule has 1 heterocycles. The number of carbonyl (C=O) groups excluding carboxylic acids is 1. The summed E-state index contributed by atoms with van der Waals surface area (Å²) >= 11 is 5.52. The van der Waals surface area contributed by atoms with Crippen molar-refractivity contribution in [3.8, 4) is 5.75 Å². The molecule has 0 aliphatic rings. The maximum absolute atomic E-state index is 12.2. The van der Waals surface area contributed by atoms with Crippen molar-refractivity contribution >= 4 is 28.7 Å². The molecule has 0 spiro atoms. The van der Waals surface area contributed by atoms with Gasteiger partial charge in [0.15, 0.2) is 16.8 Å². The number of fused-ring (bicyclic) bond motifs is 1. The van der Waals surface area contributed by atoms with Crippen LogP contribution in [0.5, 0.6) is 5.75 Å². The summed E-state index contributed by atoms with van der Waals surface area (Å²) in [6.07, 6.45) is 0. The summed E-state index contributed by atoms with van der Waals surface area (Å²) in [6.45, 7) is -3.06. The maximum Gasteiger partial charge on any atom is 0.387 e. The number of ether oxygens (including phenoxy) is 2. The minimum Gasteiger partial charge on any atom is -0.465 e. The van der Waals surface area contributed by atoms with Gasteiger partial charge < -0.3 is 13.9 Å². The van der Waals surface area contributed by atoms with Crippen LogP contribution in [0.2, 0.25) is 5.35 Å². The predicted molar refractivity (Wildman–Crippen MR) is 57.0 cm³/mol. The normalized spacial score (nSPS) is 10.9. The fourth-order valence-electron chi connectivity index (χ4n) is 1.39. The fraction of sp³-hybridized carbons (Fsp3) is 0.200. The first kappa shape index (κ1) is 12.6. The van der Waals surface area contributed by atoms with Crippen molar-refractivity contribution in [1.82, 2.24) is 4.98 Å². The van der Waals surface area contributed by atoms with Crippen molar-refractivity contribution in [2.75, 3.05) is 7.11 Å². The average Bonchev–Trinajstić information content (AvgIpc) is 2.68. The highest BCUT2D eigenvalue weighted by atomic mass is 35.5. The van der Waals surface area contributed by atoms with E-state index in [1.807, 2.05) is 0 Å². The highest BCUT2D eigenvalue weighted by molar-refractivity contribution is 6.28. The van der Waals surface area contributed by atoms with Gasteiger partial charge in [-0.25, -0.2) is 4.79 Å². The molecule has 1 aromatic heterocycles. The molecule has 0 saturated heterocycles. The van der Waals surface area contributed by atoms with Crippen LogP contribution in [-0.2, 0) is 4.74 Å². The number of aromatic nitrogens is 1. The van der Waals surface area contributed by atoms with Gasteiger partial charge in [-0.3, -0.25) is 0 Å². The fourth-order valence-corrected chi connectivity index (χ4v) is 1.56. The molecule has 0 aliphatic carbocycles. The summed E-state index contributed by atoms with van der Waals surface area (Å²) in [5.41, 5.74) is 0.0555. The molecule has 2 aromatic rings. The second-order valence-corrected chi connectivity index (χ2v) is 3.48. The van der Waals surface area contributed by atoms with Gasteiger partial charge in [0.2, 0.25) is 0 Å². The van der Waals surface area contributed by atoms with E-state index in [0.29, 0.717) is 0 Å². The molecule has 0 amide bonds. The van der Waals surface area contributed by atoms with E-state index in [1.165, 1.54) is 6.07 Å². The van der Waals surface area contributed by atoms with E-state index in [-0.39, 0.29) is 27.8 Å². The summed E-state index contributed by atoms with van der Waals surface area (Å²) in [4.78, 5) is 15.0. The lowest BCUT2D eigenvalue weighted by Gasteiger charge is -2.06. The number of benzene rings is 1. The Bertz CT molecular complexity index is 599. The molecule has 0 unspecified atom stereocenters. The third-order valence-electron chi connectivity index (χ3n) is 2.07. The van der Waals surface area contributed by atoms with Gasteiger partial charge in [0, 0.05) is 0 Å². The summed E-state index contributed by atoms with van der Waals surface area (Å²) < 4.78 is 38.2. The van der Waals surface area contributed by atoms with Crippen LogP contribution in [0, 0.1) is 0 Å². The van der Waals surface area contributed by atoms with E-state index in [9.17, 15) is 13.6 Å². The molecule has 0 atom stereocenters. The maximum atomic E-state index is 12.2. The van der Waals surface area contributed by atoms with Gasteiger partial charge in [-0.05, 0) is 23.7 Å². The van der Waals surface area contributed by atoms with E-state index < -0.39 is 12.6 Å². The number of nitrogens with zero attached hydrogens (tertiary/aromatic N) is 1. The second-order valence-electron chi connectivity index (χ2n) is 3.16. The van der Waals surface area contributed by atoms with Crippen LogP contribution in [0.15, 0.2) is 16.5 Å². The Morgan fingerprint density at radius 1 is 1.50 bits per heavy atom. The zero-order chi connectivity index (χ0) is 13.3. The first-order valence-corrected chi connectivity index (χ1v) is 5.02. The van der Waals surface area contributed by atoms with Crippen LogP contribution in [0.3, 0.4) is 0 Å². The van der Waals surface area contributed by atoms with Gasteiger partial charge >= 0.3 is 12.6 Å². The Balaban J connectivity index is 2.60. The first-order chi connectivity index (χ1) is 8.51. The van der Waals surface area contributed by atoms with E-state index in [0.717, 1.165) is 13.2 Å². The van der Waals surface area contributed by atoms with Gasteiger partial charge in [0.05, 0.1) is 12.7 Å². The monoisotopic (exact) mass is 277 g/mol. The van der Waals surface area contributed by atoms with Crippen LogP contribution < -0.4 is 4.74 Å². The van der Waals surface area contributed by atoms with E-state index in [2.05, 4.69) is 14.5 Å². The third-order valence-corrected chi connectivity index (χ3v) is 2.23. The number of halogens is 3. The highest BCUT2D eigenvalue weighted by Gasteiger charge is 2.18. The number of alkyl halides is 2. The molecule has 5 nitrogen and oxygen atoms in total. The molecule has 0 N–H and O–H groups in total. The molecule has 0 bridgehead atoms. The molecule has 0 fully saturated rings. The number of carbonyl (C=O) groups is 1. The van der Waals surface area contributed by atoms with Crippen LogP contribution in [0.4, 0.5) is 8.78 Å². The number of oxazole rings is 1. The highest BCUT2D eigenvalue weighted by Crippen LogP contribution is 2.30. The van der Waals surface area contributed by atoms with Crippen molar-refractivity contribution in [1.29, 1.82) is 0 Å². The predicted octanol–water partition coefficient (Wildman–Crippen LogP) is 2.87.